The molecule has 5 heteroatoms. The van der Waals surface area contributed by atoms with Gasteiger partial charge in [-0.25, -0.2) is 4.39 Å². The number of aryl methyl sites for hydroxylation is 1. The van der Waals surface area contributed by atoms with Gasteiger partial charge in [-0.15, -0.1) is 12.4 Å². The number of hydrogen-bond donors (Lipinski definition) is 2. The normalized spacial score (nSPS) is 16.9. The Morgan fingerprint density at radius 3 is 2.67 bits per heavy atom. The number of rotatable bonds is 4. The first-order valence-corrected chi connectivity index (χ1v) is 7.39. The Labute approximate surface area is 131 Å². The molecule has 2 rings (SSSR count). The highest BCUT2D eigenvalue weighted by molar-refractivity contribution is 5.94. The average Bonchev–Trinajstić information content (AvgIpc) is 2.48. The number of halogens is 2. The molecule has 3 N–H and O–H groups in total. The van der Waals surface area contributed by atoms with Gasteiger partial charge in [0.15, 0.2) is 0 Å². The molecule has 0 radical (unpaired) electrons. The summed E-state index contributed by atoms with van der Waals surface area (Å²) >= 11 is 0. The predicted molar refractivity (Wildman–Crippen MR) is 85.3 cm³/mol. The maximum atomic E-state index is 14.0. The van der Waals surface area contributed by atoms with Gasteiger partial charge in [-0.1, -0.05) is 31.4 Å². The van der Waals surface area contributed by atoms with Gasteiger partial charge in [0.25, 0.3) is 5.91 Å². The fraction of sp³-hybridized carbons (Fsp3) is 0.562. The lowest BCUT2D eigenvalue weighted by Crippen LogP contribution is -2.46. The summed E-state index contributed by atoms with van der Waals surface area (Å²) in [5.74, 6) is -0.373. The zero-order chi connectivity index (χ0) is 14.5. The van der Waals surface area contributed by atoms with Gasteiger partial charge in [0.2, 0.25) is 0 Å². The fourth-order valence-corrected chi connectivity index (χ4v) is 2.97. The third-order valence-electron chi connectivity index (χ3n) is 4.23. The molecule has 1 aliphatic carbocycles. The van der Waals surface area contributed by atoms with Crippen molar-refractivity contribution in [2.75, 3.05) is 6.54 Å². The largest absolute Gasteiger partial charge is 0.348 e. The average molecular weight is 315 g/mol. The van der Waals surface area contributed by atoms with Crippen LogP contribution in [-0.2, 0) is 0 Å². The minimum absolute atomic E-state index is 0. The Balaban J connectivity index is 0.00000220. The van der Waals surface area contributed by atoms with Crippen molar-refractivity contribution in [1.29, 1.82) is 0 Å². The summed E-state index contributed by atoms with van der Waals surface area (Å²) < 4.78 is 14.0. The Kier molecular flexibility index (Phi) is 7.12. The molecule has 21 heavy (non-hydrogen) atoms. The minimum atomic E-state index is -0.440. The number of nitrogens with two attached hydrogens (primary N) is 1. The lowest BCUT2D eigenvalue weighted by atomic mass is 9.84. The van der Waals surface area contributed by atoms with E-state index in [1.807, 2.05) is 0 Å². The van der Waals surface area contributed by atoms with Crippen molar-refractivity contribution in [1.82, 2.24) is 5.32 Å². The van der Waals surface area contributed by atoms with E-state index in [9.17, 15) is 9.18 Å². The van der Waals surface area contributed by atoms with Crippen molar-refractivity contribution in [3.8, 4) is 0 Å². The molecule has 1 unspecified atom stereocenters. The van der Waals surface area contributed by atoms with Gasteiger partial charge in [0.05, 0.1) is 5.56 Å². The highest BCUT2D eigenvalue weighted by Gasteiger charge is 2.25. The van der Waals surface area contributed by atoms with Crippen LogP contribution in [0.4, 0.5) is 4.39 Å². The van der Waals surface area contributed by atoms with Gasteiger partial charge >= 0.3 is 0 Å². The van der Waals surface area contributed by atoms with Crippen molar-refractivity contribution in [2.24, 2.45) is 11.7 Å². The topological polar surface area (TPSA) is 55.1 Å². The Morgan fingerprint density at radius 1 is 1.38 bits per heavy atom. The van der Waals surface area contributed by atoms with Gasteiger partial charge in [-0.2, -0.15) is 0 Å². The third kappa shape index (κ3) is 4.42. The molecule has 1 aliphatic rings. The number of amides is 1. The molecule has 1 fully saturated rings. The molecule has 1 aromatic carbocycles. The second kappa shape index (κ2) is 8.35. The van der Waals surface area contributed by atoms with Crippen LogP contribution in [-0.4, -0.2) is 18.5 Å². The van der Waals surface area contributed by atoms with E-state index in [4.69, 9.17) is 5.73 Å². The maximum absolute atomic E-state index is 14.0. The summed E-state index contributed by atoms with van der Waals surface area (Å²) in [5, 5.41) is 2.92. The van der Waals surface area contributed by atoms with Gasteiger partial charge in [0, 0.05) is 12.6 Å². The molecule has 0 spiro atoms. The van der Waals surface area contributed by atoms with Gasteiger partial charge in [-0.05, 0) is 37.3 Å². The SMILES string of the molecule is Cc1cccc(C(=O)NC(CN)C2CCCCC2)c1F.Cl. The molecule has 1 aromatic rings. The van der Waals surface area contributed by atoms with E-state index in [1.165, 1.54) is 25.3 Å². The summed E-state index contributed by atoms with van der Waals surface area (Å²) in [4.78, 5) is 12.2. The zero-order valence-electron chi connectivity index (χ0n) is 12.4. The van der Waals surface area contributed by atoms with Crippen LogP contribution in [0.5, 0.6) is 0 Å². The van der Waals surface area contributed by atoms with E-state index in [-0.39, 0.29) is 29.9 Å². The van der Waals surface area contributed by atoms with E-state index in [2.05, 4.69) is 5.32 Å². The van der Waals surface area contributed by atoms with E-state index in [0.717, 1.165) is 12.8 Å². The van der Waals surface area contributed by atoms with Crippen molar-refractivity contribution in [2.45, 2.75) is 45.1 Å². The van der Waals surface area contributed by atoms with Crippen LogP contribution in [0.15, 0.2) is 18.2 Å². The number of hydrogen-bond acceptors (Lipinski definition) is 2. The first-order valence-electron chi connectivity index (χ1n) is 7.39. The highest BCUT2D eigenvalue weighted by Crippen LogP contribution is 2.26. The lowest BCUT2D eigenvalue weighted by molar-refractivity contribution is 0.0911. The van der Waals surface area contributed by atoms with Crippen LogP contribution in [0.25, 0.3) is 0 Å². The van der Waals surface area contributed by atoms with Crippen molar-refractivity contribution >= 4 is 18.3 Å². The zero-order valence-corrected chi connectivity index (χ0v) is 13.2. The molecule has 0 heterocycles. The van der Waals surface area contributed by atoms with Gasteiger partial charge < -0.3 is 11.1 Å². The molecule has 0 aliphatic heterocycles. The molecule has 118 valence electrons. The summed E-state index contributed by atoms with van der Waals surface area (Å²) in [6, 6.07) is 4.83. The van der Waals surface area contributed by atoms with Crippen molar-refractivity contribution in [3.63, 3.8) is 0 Å². The highest BCUT2D eigenvalue weighted by atomic mass is 35.5. The number of carbonyl (C=O) groups is 1. The summed E-state index contributed by atoms with van der Waals surface area (Å²) in [6.45, 7) is 2.07. The monoisotopic (exact) mass is 314 g/mol. The number of nitrogens with one attached hydrogen (secondary N) is 1. The molecule has 0 bridgehead atoms. The molecular formula is C16H24ClFN2O. The van der Waals surface area contributed by atoms with Gasteiger partial charge in [0.1, 0.15) is 5.82 Å². The summed E-state index contributed by atoms with van der Waals surface area (Å²) in [5.41, 5.74) is 6.39. The number of benzene rings is 1. The van der Waals surface area contributed by atoms with E-state index >= 15 is 0 Å². The Hall–Kier alpha value is -1.13. The first-order chi connectivity index (χ1) is 9.63. The van der Waals surface area contributed by atoms with Crippen LogP contribution >= 0.6 is 12.4 Å². The maximum Gasteiger partial charge on any atom is 0.254 e. The quantitative estimate of drug-likeness (QED) is 0.896. The van der Waals surface area contributed by atoms with Crippen molar-refractivity contribution < 1.29 is 9.18 Å². The third-order valence-corrected chi connectivity index (χ3v) is 4.23. The molecular weight excluding hydrogens is 291 g/mol. The number of carbonyl (C=O) groups excluding carboxylic acids is 1. The molecule has 3 nitrogen and oxygen atoms in total. The van der Waals surface area contributed by atoms with E-state index in [1.54, 1.807) is 19.1 Å². The first kappa shape index (κ1) is 17.9. The minimum Gasteiger partial charge on any atom is -0.348 e. The Bertz CT molecular complexity index is 475. The smallest absolute Gasteiger partial charge is 0.254 e. The molecule has 1 atom stereocenters. The molecule has 1 saturated carbocycles. The molecule has 1 amide bonds. The summed E-state index contributed by atoms with van der Waals surface area (Å²) in [7, 11) is 0. The van der Waals surface area contributed by atoms with Gasteiger partial charge in [-0.3, -0.25) is 4.79 Å². The van der Waals surface area contributed by atoms with Crippen LogP contribution in [0.1, 0.15) is 48.0 Å². The fourth-order valence-electron chi connectivity index (χ4n) is 2.97. The van der Waals surface area contributed by atoms with E-state index in [0.29, 0.717) is 18.0 Å². The summed E-state index contributed by atoms with van der Waals surface area (Å²) in [6.07, 6.45) is 5.83. The molecule has 0 aromatic heterocycles. The predicted octanol–water partition coefficient (Wildman–Crippen LogP) is 3.19. The standard InChI is InChI=1S/C16H23FN2O.ClH/c1-11-6-5-9-13(15(11)17)16(20)19-14(10-18)12-7-3-2-4-8-12;/h5-6,9,12,14H,2-4,7-8,10,18H2,1H3,(H,19,20);1H. The Morgan fingerprint density at radius 2 is 2.05 bits per heavy atom. The molecule has 0 saturated heterocycles. The second-order valence-electron chi connectivity index (χ2n) is 5.65. The second-order valence-corrected chi connectivity index (χ2v) is 5.65. The van der Waals surface area contributed by atoms with Crippen LogP contribution in [0, 0.1) is 18.7 Å². The van der Waals surface area contributed by atoms with Crippen LogP contribution < -0.4 is 11.1 Å². The van der Waals surface area contributed by atoms with E-state index < -0.39 is 5.82 Å². The van der Waals surface area contributed by atoms with Crippen LogP contribution in [0.2, 0.25) is 0 Å². The van der Waals surface area contributed by atoms with Crippen molar-refractivity contribution in [3.05, 3.63) is 35.1 Å². The van der Waals surface area contributed by atoms with Crippen LogP contribution in [0.3, 0.4) is 0 Å². The lowest BCUT2D eigenvalue weighted by Gasteiger charge is -2.30.